The summed E-state index contributed by atoms with van der Waals surface area (Å²) in [7, 11) is 0. The Balaban J connectivity index is 2.37. The molecule has 0 saturated heterocycles. The third kappa shape index (κ3) is 1.65. The molecule has 1 atom stereocenters. The monoisotopic (exact) mass is 211 g/mol. The first-order chi connectivity index (χ1) is 6.66. The van der Waals surface area contributed by atoms with Gasteiger partial charge in [0.15, 0.2) is 5.82 Å². The fraction of sp³-hybridized carbons (Fsp3) is 0.333. The number of hydrogen-bond acceptors (Lipinski definition) is 3. The molecule has 0 bridgehead atoms. The molecule has 74 valence electrons. The molecule has 1 amide bonds. The fourth-order valence-electron chi connectivity index (χ4n) is 1.27. The van der Waals surface area contributed by atoms with Gasteiger partial charge >= 0.3 is 0 Å². The molecule has 5 heteroatoms. The number of rotatable bonds is 0. The van der Waals surface area contributed by atoms with Crippen molar-refractivity contribution in [3.05, 3.63) is 17.3 Å². The van der Waals surface area contributed by atoms with Gasteiger partial charge in [0, 0.05) is 6.54 Å². The number of pyridine rings is 1. The van der Waals surface area contributed by atoms with E-state index in [2.05, 4.69) is 15.6 Å². The van der Waals surface area contributed by atoms with E-state index in [1.165, 1.54) is 0 Å². The molecular weight excluding hydrogens is 202 g/mol. The molecule has 2 heterocycles. The van der Waals surface area contributed by atoms with Gasteiger partial charge in [-0.2, -0.15) is 0 Å². The molecule has 2 N–H and O–H groups in total. The summed E-state index contributed by atoms with van der Waals surface area (Å²) in [5.74, 6) is 0.568. The van der Waals surface area contributed by atoms with E-state index in [0.717, 1.165) is 0 Å². The minimum atomic E-state index is -0.0667. The van der Waals surface area contributed by atoms with Crippen LogP contribution in [0.25, 0.3) is 0 Å². The Bertz CT molecular complexity index is 380. The molecule has 1 aliphatic rings. The van der Waals surface area contributed by atoms with E-state index >= 15 is 0 Å². The summed E-state index contributed by atoms with van der Waals surface area (Å²) in [6.07, 6.45) is 0. The van der Waals surface area contributed by atoms with Crippen LogP contribution in [-0.4, -0.2) is 17.4 Å². The van der Waals surface area contributed by atoms with E-state index in [1.54, 1.807) is 12.1 Å². The average molecular weight is 212 g/mol. The zero-order valence-corrected chi connectivity index (χ0v) is 8.43. The van der Waals surface area contributed by atoms with Crippen LogP contribution in [0.4, 0.5) is 11.5 Å². The molecule has 0 aliphatic carbocycles. The van der Waals surface area contributed by atoms with Crippen molar-refractivity contribution in [1.82, 2.24) is 4.98 Å². The molecule has 1 aromatic heterocycles. The van der Waals surface area contributed by atoms with Gasteiger partial charge in [-0.15, -0.1) is 0 Å². The topological polar surface area (TPSA) is 54.0 Å². The van der Waals surface area contributed by atoms with Gasteiger partial charge in [-0.3, -0.25) is 4.79 Å². The van der Waals surface area contributed by atoms with Crippen LogP contribution in [0.3, 0.4) is 0 Å². The SMILES string of the molecule is CC1CNc2nc(Cl)ccc2NC1=O. The molecule has 0 fully saturated rings. The van der Waals surface area contributed by atoms with Crippen LogP contribution in [0.5, 0.6) is 0 Å². The molecule has 1 aromatic rings. The Morgan fingerprint density at radius 2 is 2.36 bits per heavy atom. The quantitative estimate of drug-likeness (QED) is 0.643. The zero-order valence-electron chi connectivity index (χ0n) is 7.67. The number of carbonyl (C=O) groups excluding carboxylic acids is 1. The Labute approximate surface area is 86.7 Å². The number of hydrogen-bond donors (Lipinski definition) is 2. The Hall–Kier alpha value is -1.29. The predicted molar refractivity (Wildman–Crippen MR) is 55.5 cm³/mol. The number of aromatic nitrogens is 1. The predicted octanol–water partition coefficient (Wildman–Crippen LogP) is 1.74. The smallest absolute Gasteiger partial charge is 0.229 e. The second kappa shape index (κ2) is 3.46. The lowest BCUT2D eigenvalue weighted by molar-refractivity contribution is -0.118. The summed E-state index contributed by atoms with van der Waals surface area (Å²) in [5.41, 5.74) is 0.684. The van der Waals surface area contributed by atoms with E-state index in [4.69, 9.17) is 11.6 Å². The fourth-order valence-corrected chi connectivity index (χ4v) is 1.42. The summed E-state index contributed by atoms with van der Waals surface area (Å²) in [6.45, 7) is 2.43. The van der Waals surface area contributed by atoms with E-state index in [-0.39, 0.29) is 11.8 Å². The lowest BCUT2D eigenvalue weighted by Crippen LogP contribution is -2.22. The van der Waals surface area contributed by atoms with Crippen LogP contribution in [0.1, 0.15) is 6.92 Å². The summed E-state index contributed by atoms with van der Waals surface area (Å²) in [4.78, 5) is 15.5. The summed E-state index contributed by atoms with van der Waals surface area (Å²) < 4.78 is 0. The summed E-state index contributed by atoms with van der Waals surface area (Å²) in [5, 5.41) is 6.26. The van der Waals surface area contributed by atoms with Crippen LogP contribution in [0.2, 0.25) is 5.15 Å². The van der Waals surface area contributed by atoms with E-state index < -0.39 is 0 Å². The van der Waals surface area contributed by atoms with Gasteiger partial charge in [0.2, 0.25) is 5.91 Å². The highest BCUT2D eigenvalue weighted by Crippen LogP contribution is 2.24. The van der Waals surface area contributed by atoms with Crippen molar-refractivity contribution >= 4 is 29.0 Å². The van der Waals surface area contributed by atoms with Crippen molar-refractivity contribution in [3.63, 3.8) is 0 Å². The van der Waals surface area contributed by atoms with E-state index in [9.17, 15) is 4.79 Å². The molecule has 4 nitrogen and oxygen atoms in total. The Morgan fingerprint density at radius 1 is 1.57 bits per heavy atom. The lowest BCUT2D eigenvalue weighted by atomic mass is 10.2. The maximum atomic E-state index is 11.4. The molecule has 0 saturated carbocycles. The van der Waals surface area contributed by atoms with Crippen molar-refractivity contribution in [2.75, 3.05) is 17.2 Å². The van der Waals surface area contributed by atoms with Crippen LogP contribution in [0.15, 0.2) is 12.1 Å². The normalized spacial score (nSPS) is 20.4. The first kappa shape index (κ1) is 9.27. The molecular formula is C9H10ClN3O. The summed E-state index contributed by atoms with van der Waals surface area (Å²) in [6, 6.07) is 3.39. The largest absolute Gasteiger partial charge is 0.368 e. The maximum absolute atomic E-state index is 11.4. The second-order valence-corrected chi connectivity index (χ2v) is 3.69. The van der Waals surface area contributed by atoms with Gasteiger partial charge in [0.1, 0.15) is 5.15 Å². The molecule has 2 rings (SSSR count). The first-order valence-corrected chi connectivity index (χ1v) is 4.76. The minimum Gasteiger partial charge on any atom is -0.368 e. The van der Waals surface area contributed by atoms with Crippen LogP contribution in [-0.2, 0) is 4.79 Å². The molecule has 1 unspecified atom stereocenters. The van der Waals surface area contributed by atoms with Crippen LogP contribution >= 0.6 is 11.6 Å². The molecule has 0 spiro atoms. The van der Waals surface area contributed by atoms with Gasteiger partial charge in [-0.25, -0.2) is 4.98 Å². The number of carbonyl (C=O) groups is 1. The third-order valence-corrected chi connectivity index (χ3v) is 2.35. The van der Waals surface area contributed by atoms with Crippen LogP contribution in [0, 0.1) is 5.92 Å². The number of fused-ring (bicyclic) bond motifs is 1. The van der Waals surface area contributed by atoms with Gasteiger partial charge in [0.05, 0.1) is 11.6 Å². The highest BCUT2D eigenvalue weighted by atomic mass is 35.5. The number of halogens is 1. The van der Waals surface area contributed by atoms with Crippen molar-refractivity contribution in [2.45, 2.75) is 6.92 Å². The minimum absolute atomic E-state index is 0.000345. The third-order valence-electron chi connectivity index (χ3n) is 2.14. The van der Waals surface area contributed by atoms with Crippen LogP contribution < -0.4 is 10.6 Å². The summed E-state index contributed by atoms with van der Waals surface area (Å²) >= 11 is 5.74. The number of amides is 1. The van der Waals surface area contributed by atoms with Gasteiger partial charge in [-0.1, -0.05) is 18.5 Å². The van der Waals surface area contributed by atoms with E-state index in [1.807, 2.05) is 6.92 Å². The Kier molecular flexibility index (Phi) is 2.29. The lowest BCUT2D eigenvalue weighted by Gasteiger charge is -2.05. The van der Waals surface area contributed by atoms with Crippen molar-refractivity contribution in [1.29, 1.82) is 0 Å². The van der Waals surface area contributed by atoms with Crippen molar-refractivity contribution < 1.29 is 4.79 Å². The molecule has 0 aromatic carbocycles. The highest BCUT2D eigenvalue weighted by molar-refractivity contribution is 6.29. The van der Waals surface area contributed by atoms with Gasteiger partial charge in [-0.05, 0) is 12.1 Å². The van der Waals surface area contributed by atoms with Crippen molar-refractivity contribution in [2.24, 2.45) is 5.92 Å². The molecule has 1 aliphatic heterocycles. The average Bonchev–Trinajstić information content (AvgIpc) is 2.29. The molecule has 14 heavy (non-hydrogen) atoms. The molecule has 0 radical (unpaired) electrons. The number of anilines is 2. The standard InChI is InChI=1S/C9H10ClN3O/c1-5-4-11-8-6(12-9(5)14)2-3-7(10)13-8/h2-3,5H,4H2,1H3,(H,11,13)(H,12,14). The van der Waals surface area contributed by atoms with Gasteiger partial charge < -0.3 is 10.6 Å². The van der Waals surface area contributed by atoms with Crippen molar-refractivity contribution in [3.8, 4) is 0 Å². The highest BCUT2D eigenvalue weighted by Gasteiger charge is 2.19. The number of nitrogens with zero attached hydrogens (tertiary/aromatic N) is 1. The maximum Gasteiger partial charge on any atom is 0.229 e. The second-order valence-electron chi connectivity index (χ2n) is 3.30. The number of nitrogens with one attached hydrogen (secondary N) is 2. The Morgan fingerprint density at radius 3 is 3.14 bits per heavy atom. The zero-order chi connectivity index (χ0) is 10.1. The first-order valence-electron chi connectivity index (χ1n) is 4.38. The van der Waals surface area contributed by atoms with Gasteiger partial charge in [0.25, 0.3) is 0 Å². The van der Waals surface area contributed by atoms with E-state index in [0.29, 0.717) is 23.2 Å².